The molecule has 0 amide bonds. The van der Waals surface area contributed by atoms with Crippen LogP contribution in [0.1, 0.15) is 5.56 Å². The third kappa shape index (κ3) is 2.30. The first-order valence-corrected chi connectivity index (χ1v) is 5.31. The van der Waals surface area contributed by atoms with Crippen LogP contribution in [0.2, 0.25) is 0 Å². The maximum absolute atomic E-state index is 13.0. The molecule has 0 aliphatic carbocycles. The lowest BCUT2D eigenvalue weighted by atomic mass is 10.1. The summed E-state index contributed by atoms with van der Waals surface area (Å²) in [6.07, 6.45) is 0. The summed E-state index contributed by atoms with van der Waals surface area (Å²) >= 11 is 0. The zero-order valence-electron chi connectivity index (χ0n) is 9.69. The summed E-state index contributed by atoms with van der Waals surface area (Å²) in [5, 5.41) is 8.98. The lowest BCUT2D eigenvalue weighted by Crippen LogP contribution is -2.11. The van der Waals surface area contributed by atoms with E-state index in [1.165, 1.54) is 30.3 Å². The molecular weight excluding hydrogens is 234 g/mol. The number of anilines is 2. The van der Waals surface area contributed by atoms with Gasteiger partial charge in [-0.25, -0.2) is 8.78 Å². The summed E-state index contributed by atoms with van der Waals surface area (Å²) < 4.78 is 25.9. The second kappa shape index (κ2) is 4.84. The van der Waals surface area contributed by atoms with Gasteiger partial charge >= 0.3 is 0 Å². The standard InChI is InChI=1S/C14H10F2N2/c1-18(13-5-2-11(15)3-6-13)14-7-4-12(16)8-10(14)9-17/h2-8H,1H3. The van der Waals surface area contributed by atoms with Crippen LogP contribution in [0.25, 0.3) is 0 Å². The van der Waals surface area contributed by atoms with Gasteiger partial charge in [-0.2, -0.15) is 5.26 Å². The Morgan fingerprint density at radius 1 is 1.00 bits per heavy atom. The van der Waals surface area contributed by atoms with Crippen molar-refractivity contribution in [1.29, 1.82) is 5.26 Å². The maximum atomic E-state index is 13.0. The lowest BCUT2D eigenvalue weighted by molar-refractivity contribution is 0.627. The Hall–Kier alpha value is -2.41. The van der Waals surface area contributed by atoms with Crippen molar-refractivity contribution in [2.24, 2.45) is 0 Å². The minimum absolute atomic E-state index is 0.238. The topological polar surface area (TPSA) is 27.0 Å². The molecule has 0 aliphatic heterocycles. The molecule has 90 valence electrons. The molecule has 0 N–H and O–H groups in total. The van der Waals surface area contributed by atoms with Gasteiger partial charge in [0.25, 0.3) is 0 Å². The third-order valence-electron chi connectivity index (χ3n) is 2.65. The predicted molar refractivity (Wildman–Crippen MR) is 65.6 cm³/mol. The second-order valence-electron chi connectivity index (χ2n) is 3.81. The van der Waals surface area contributed by atoms with Crippen LogP contribution >= 0.6 is 0 Å². The van der Waals surface area contributed by atoms with Gasteiger partial charge in [-0.15, -0.1) is 0 Å². The molecule has 0 fully saturated rings. The summed E-state index contributed by atoms with van der Waals surface area (Å²) in [5.74, 6) is -0.783. The molecule has 2 aromatic carbocycles. The number of nitriles is 1. The molecule has 0 saturated carbocycles. The van der Waals surface area contributed by atoms with E-state index in [0.29, 0.717) is 5.69 Å². The Kier molecular flexibility index (Phi) is 3.24. The molecule has 0 radical (unpaired) electrons. The molecule has 0 heterocycles. The quantitative estimate of drug-likeness (QED) is 0.807. The van der Waals surface area contributed by atoms with Gasteiger partial charge < -0.3 is 4.90 Å². The van der Waals surface area contributed by atoms with Crippen molar-refractivity contribution in [1.82, 2.24) is 0 Å². The molecule has 4 heteroatoms. The molecular formula is C14H10F2N2. The second-order valence-corrected chi connectivity index (χ2v) is 3.81. The molecule has 0 unspecified atom stereocenters. The molecule has 2 rings (SSSR count). The van der Waals surface area contributed by atoms with E-state index >= 15 is 0 Å². The van der Waals surface area contributed by atoms with Crippen molar-refractivity contribution in [2.45, 2.75) is 0 Å². The highest BCUT2D eigenvalue weighted by Gasteiger charge is 2.10. The van der Waals surface area contributed by atoms with Crippen LogP contribution in [-0.2, 0) is 0 Å². The van der Waals surface area contributed by atoms with Gasteiger partial charge in [-0.1, -0.05) is 0 Å². The molecule has 2 nitrogen and oxygen atoms in total. The van der Waals surface area contributed by atoms with Crippen molar-refractivity contribution in [3.05, 3.63) is 59.7 Å². The number of rotatable bonds is 2. The van der Waals surface area contributed by atoms with E-state index in [1.807, 2.05) is 6.07 Å². The average Bonchev–Trinajstić information content (AvgIpc) is 2.38. The molecule has 0 atom stereocenters. The van der Waals surface area contributed by atoms with E-state index in [-0.39, 0.29) is 11.4 Å². The van der Waals surface area contributed by atoms with Crippen LogP contribution < -0.4 is 4.90 Å². The van der Waals surface area contributed by atoms with E-state index in [0.717, 1.165) is 5.69 Å². The fraction of sp³-hybridized carbons (Fsp3) is 0.0714. The van der Waals surface area contributed by atoms with Gasteiger partial charge in [0.05, 0.1) is 11.3 Å². The first-order chi connectivity index (χ1) is 8.61. The van der Waals surface area contributed by atoms with E-state index in [4.69, 9.17) is 5.26 Å². The minimum Gasteiger partial charge on any atom is -0.344 e. The van der Waals surface area contributed by atoms with Gasteiger partial charge in [-0.3, -0.25) is 0 Å². The van der Waals surface area contributed by atoms with Gasteiger partial charge in [0.1, 0.15) is 17.7 Å². The normalized spacial score (nSPS) is 9.89. The van der Waals surface area contributed by atoms with E-state index < -0.39 is 5.82 Å². The molecule has 0 aromatic heterocycles. The van der Waals surface area contributed by atoms with Crippen LogP contribution in [0.4, 0.5) is 20.2 Å². The summed E-state index contributed by atoms with van der Waals surface area (Å²) in [6.45, 7) is 0. The molecule has 0 bridgehead atoms. The van der Waals surface area contributed by atoms with Crippen LogP contribution in [-0.4, -0.2) is 7.05 Å². The first-order valence-electron chi connectivity index (χ1n) is 5.31. The smallest absolute Gasteiger partial charge is 0.124 e. The zero-order chi connectivity index (χ0) is 13.1. The summed E-state index contributed by atoms with van der Waals surface area (Å²) in [6, 6.07) is 11.8. The monoisotopic (exact) mass is 244 g/mol. The lowest BCUT2D eigenvalue weighted by Gasteiger charge is -2.20. The summed E-state index contributed by atoms with van der Waals surface area (Å²) in [7, 11) is 1.74. The molecule has 18 heavy (non-hydrogen) atoms. The van der Waals surface area contributed by atoms with E-state index in [1.54, 1.807) is 24.1 Å². The molecule has 0 spiro atoms. The van der Waals surface area contributed by atoms with Gasteiger partial charge in [0, 0.05) is 12.7 Å². The fourth-order valence-corrected chi connectivity index (χ4v) is 1.69. The van der Waals surface area contributed by atoms with Crippen LogP contribution in [0.5, 0.6) is 0 Å². The highest BCUT2D eigenvalue weighted by molar-refractivity contribution is 5.68. The minimum atomic E-state index is -0.456. The first kappa shape index (κ1) is 12.1. The number of hydrogen-bond donors (Lipinski definition) is 0. The number of hydrogen-bond acceptors (Lipinski definition) is 2. The Labute approximate surface area is 104 Å². The Balaban J connectivity index is 2.43. The van der Waals surface area contributed by atoms with E-state index in [9.17, 15) is 8.78 Å². The zero-order valence-corrected chi connectivity index (χ0v) is 9.69. The van der Waals surface area contributed by atoms with Crippen molar-refractivity contribution in [3.8, 4) is 6.07 Å². The van der Waals surface area contributed by atoms with Crippen LogP contribution in [0.15, 0.2) is 42.5 Å². The van der Waals surface area contributed by atoms with Crippen molar-refractivity contribution in [2.75, 3.05) is 11.9 Å². The number of nitrogens with zero attached hydrogens (tertiary/aromatic N) is 2. The predicted octanol–water partition coefficient (Wildman–Crippen LogP) is 3.60. The van der Waals surface area contributed by atoms with Gasteiger partial charge in [0.15, 0.2) is 0 Å². The van der Waals surface area contributed by atoms with Crippen molar-refractivity contribution >= 4 is 11.4 Å². The van der Waals surface area contributed by atoms with Crippen molar-refractivity contribution < 1.29 is 8.78 Å². The average molecular weight is 244 g/mol. The van der Waals surface area contributed by atoms with Crippen molar-refractivity contribution in [3.63, 3.8) is 0 Å². The van der Waals surface area contributed by atoms with Gasteiger partial charge in [0.2, 0.25) is 0 Å². The number of benzene rings is 2. The highest BCUT2D eigenvalue weighted by atomic mass is 19.1. The maximum Gasteiger partial charge on any atom is 0.124 e. The SMILES string of the molecule is CN(c1ccc(F)cc1)c1ccc(F)cc1C#N. The van der Waals surface area contributed by atoms with Crippen LogP contribution in [0.3, 0.4) is 0 Å². The Bertz CT molecular complexity index is 600. The molecule has 2 aromatic rings. The Morgan fingerprint density at radius 2 is 1.61 bits per heavy atom. The van der Waals surface area contributed by atoms with Crippen LogP contribution in [0, 0.1) is 23.0 Å². The molecule has 0 saturated heterocycles. The van der Waals surface area contributed by atoms with Gasteiger partial charge in [-0.05, 0) is 42.5 Å². The highest BCUT2D eigenvalue weighted by Crippen LogP contribution is 2.27. The number of halogens is 2. The van der Waals surface area contributed by atoms with E-state index in [2.05, 4.69) is 0 Å². The Morgan fingerprint density at radius 3 is 2.22 bits per heavy atom. The summed E-state index contributed by atoms with van der Waals surface area (Å²) in [5.41, 5.74) is 1.53. The summed E-state index contributed by atoms with van der Waals surface area (Å²) in [4.78, 5) is 1.71. The third-order valence-corrected chi connectivity index (χ3v) is 2.65. The fourth-order valence-electron chi connectivity index (χ4n) is 1.69. The molecule has 0 aliphatic rings. The largest absolute Gasteiger partial charge is 0.344 e.